The van der Waals surface area contributed by atoms with Crippen LogP contribution in [0.25, 0.3) is 0 Å². The van der Waals surface area contributed by atoms with E-state index in [1.165, 1.54) is 5.57 Å². The minimum absolute atomic E-state index is 0.0204. The fourth-order valence-corrected chi connectivity index (χ4v) is 10.7. The van der Waals surface area contributed by atoms with Gasteiger partial charge in [-0.1, -0.05) is 53.2 Å². The second-order valence-electron chi connectivity index (χ2n) is 14.9. The molecule has 5 aliphatic rings. The Bertz CT molecular complexity index is 907. The SMILES string of the molecule is CC1(C)CC[C@]2(C(=O)O)CC[C@]3(C)C(=CC[C@@H]4[C@@]5(C)CC[C@@H](O)[C@](C)(CO)C5CC[C@]43C)[C@@H]2C1. The molecule has 4 fully saturated rings. The van der Waals surface area contributed by atoms with Gasteiger partial charge in [0, 0.05) is 5.41 Å². The number of hydrogen-bond acceptors (Lipinski definition) is 3. The van der Waals surface area contributed by atoms with E-state index >= 15 is 0 Å². The van der Waals surface area contributed by atoms with Crippen molar-refractivity contribution in [1.82, 2.24) is 0 Å². The lowest BCUT2D eigenvalue weighted by Gasteiger charge is -2.71. The molecular formula is C30H48O4. The molecular weight excluding hydrogens is 424 g/mol. The van der Waals surface area contributed by atoms with E-state index < -0.39 is 22.9 Å². The normalized spacial score (nSPS) is 54.1. The Morgan fingerprint density at radius 1 is 0.941 bits per heavy atom. The Morgan fingerprint density at radius 3 is 2.26 bits per heavy atom. The number of hydrogen-bond donors (Lipinski definition) is 3. The van der Waals surface area contributed by atoms with E-state index in [0.29, 0.717) is 11.8 Å². The number of aliphatic hydroxyl groups excluding tert-OH is 2. The highest BCUT2D eigenvalue weighted by atomic mass is 16.4. The van der Waals surface area contributed by atoms with Crippen LogP contribution in [0.5, 0.6) is 0 Å². The predicted octanol–water partition coefficient (Wildman–Crippen LogP) is 6.21. The van der Waals surface area contributed by atoms with Gasteiger partial charge in [-0.3, -0.25) is 4.79 Å². The van der Waals surface area contributed by atoms with Crippen LogP contribution in [0.15, 0.2) is 11.6 Å². The second-order valence-corrected chi connectivity index (χ2v) is 14.9. The Labute approximate surface area is 206 Å². The van der Waals surface area contributed by atoms with Crippen LogP contribution in [0.2, 0.25) is 0 Å². The Kier molecular flexibility index (Phi) is 5.36. The van der Waals surface area contributed by atoms with Gasteiger partial charge < -0.3 is 15.3 Å². The Morgan fingerprint density at radius 2 is 1.62 bits per heavy atom. The summed E-state index contributed by atoms with van der Waals surface area (Å²) in [6, 6.07) is 0. The maximum Gasteiger partial charge on any atom is 0.310 e. The fourth-order valence-electron chi connectivity index (χ4n) is 10.7. The van der Waals surface area contributed by atoms with Gasteiger partial charge in [-0.15, -0.1) is 0 Å². The van der Waals surface area contributed by atoms with Gasteiger partial charge in [0.05, 0.1) is 18.1 Å². The molecule has 0 heterocycles. The summed E-state index contributed by atoms with van der Waals surface area (Å²) in [5.74, 6) is 0.395. The van der Waals surface area contributed by atoms with Crippen LogP contribution in [0.4, 0.5) is 0 Å². The summed E-state index contributed by atoms with van der Waals surface area (Å²) < 4.78 is 0. The molecule has 0 aromatic carbocycles. The molecule has 4 heteroatoms. The summed E-state index contributed by atoms with van der Waals surface area (Å²) in [4.78, 5) is 12.8. The number of aliphatic carboxylic acids is 1. The van der Waals surface area contributed by atoms with Crippen molar-refractivity contribution < 1.29 is 20.1 Å². The van der Waals surface area contributed by atoms with Crippen LogP contribution in [0.1, 0.15) is 106 Å². The van der Waals surface area contributed by atoms with Crippen LogP contribution in [-0.2, 0) is 4.79 Å². The molecule has 4 nitrogen and oxygen atoms in total. The first-order chi connectivity index (χ1) is 15.7. The molecule has 5 aliphatic carbocycles. The summed E-state index contributed by atoms with van der Waals surface area (Å²) in [6.45, 7) is 14.3. The third-order valence-corrected chi connectivity index (χ3v) is 13.2. The zero-order valence-corrected chi connectivity index (χ0v) is 22.4. The van der Waals surface area contributed by atoms with Crippen molar-refractivity contribution in [3.8, 4) is 0 Å². The second kappa shape index (κ2) is 7.34. The van der Waals surface area contributed by atoms with Crippen molar-refractivity contribution in [3.63, 3.8) is 0 Å². The lowest BCUT2D eigenvalue weighted by Crippen LogP contribution is -2.65. The van der Waals surface area contributed by atoms with Gasteiger partial charge in [-0.05, 0) is 104 Å². The van der Waals surface area contributed by atoms with Gasteiger partial charge >= 0.3 is 5.97 Å². The van der Waals surface area contributed by atoms with Crippen molar-refractivity contribution in [2.45, 2.75) is 112 Å². The van der Waals surface area contributed by atoms with Crippen molar-refractivity contribution in [1.29, 1.82) is 0 Å². The average Bonchev–Trinajstić information content (AvgIpc) is 2.76. The highest BCUT2D eigenvalue weighted by molar-refractivity contribution is 5.76. The molecule has 1 unspecified atom stereocenters. The average molecular weight is 473 g/mol. The number of carboxylic acid groups (broad SMARTS) is 1. The zero-order chi connectivity index (χ0) is 24.9. The number of carbonyl (C=O) groups is 1. The van der Waals surface area contributed by atoms with Crippen molar-refractivity contribution in [3.05, 3.63) is 11.6 Å². The van der Waals surface area contributed by atoms with Crippen LogP contribution in [0, 0.1) is 50.2 Å². The largest absolute Gasteiger partial charge is 0.481 e. The van der Waals surface area contributed by atoms with Crippen LogP contribution in [-0.4, -0.2) is 34.0 Å². The fraction of sp³-hybridized carbons (Fsp3) is 0.900. The maximum atomic E-state index is 12.8. The standard InChI is InChI=1S/C30H48O4/c1-25(2)13-15-30(24(33)34)16-14-28(5)19(20(30)17-25)7-8-22-26(3)11-10-23(32)27(4,18-31)21(26)9-12-29(22,28)6/h7,20-23,31-32H,8-18H2,1-6H3,(H,33,34)/t20-,21?,22+,23+,26-,27+,28+,29+,30-/m0/s1. The van der Waals surface area contributed by atoms with Gasteiger partial charge in [-0.25, -0.2) is 0 Å². The molecule has 192 valence electrons. The highest BCUT2D eigenvalue weighted by Crippen LogP contribution is 2.75. The molecule has 0 aromatic rings. The Hall–Kier alpha value is -0.870. The molecule has 0 spiro atoms. The lowest BCUT2D eigenvalue weighted by molar-refractivity contribution is -0.216. The van der Waals surface area contributed by atoms with Gasteiger partial charge in [0.2, 0.25) is 0 Å². The molecule has 0 radical (unpaired) electrons. The van der Waals surface area contributed by atoms with Gasteiger partial charge in [-0.2, -0.15) is 0 Å². The lowest BCUT2D eigenvalue weighted by atomic mass is 9.33. The summed E-state index contributed by atoms with van der Waals surface area (Å²) >= 11 is 0. The number of aliphatic hydroxyl groups is 2. The van der Waals surface area contributed by atoms with Gasteiger partial charge in [0.25, 0.3) is 0 Å². The summed E-state index contributed by atoms with van der Waals surface area (Å²) in [7, 11) is 0. The first kappa shape index (κ1) is 24.8. The van der Waals surface area contributed by atoms with Crippen molar-refractivity contribution >= 4 is 5.97 Å². The van der Waals surface area contributed by atoms with E-state index in [0.717, 1.165) is 64.2 Å². The van der Waals surface area contributed by atoms with Crippen molar-refractivity contribution in [2.75, 3.05) is 6.61 Å². The number of rotatable bonds is 2. The summed E-state index contributed by atoms with van der Waals surface area (Å²) in [6.07, 6.45) is 11.6. The van der Waals surface area contributed by atoms with E-state index in [4.69, 9.17) is 0 Å². The van der Waals surface area contributed by atoms with E-state index in [1.54, 1.807) is 0 Å². The molecule has 5 rings (SSSR count). The van der Waals surface area contributed by atoms with Crippen LogP contribution in [0.3, 0.4) is 0 Å². The number of carboxylic acids is 1. The number of allylic oxidation sites excluding steroid dienone is 2. The third-order valence-electron chi connectivity index (χ3n) is 13.2. The van der Waals surface area contributed by atoms with E-state index in [9.17, 15) is 20.1 Å². The summed E-state index contributed by atoms with van der Waals surface area (Å²) in [5, 5.41) is 31.8. The van der Waals surface area contributed by atoms with Crippen molar-refractivity contribution in [2.24, 2.45) is 50.2 Å². The number of fused-ring (bicyclic) bond motifs is 7. The van der Waals surface area contributed by atoms with E-state index in [1.807, 2.05) is 0 Å². The molecule has 0 bridgehead atoms. The first-order valence-electron chi connectivity index (χ1n) is 13.9. The zero-order valence-electron chi connectivity index (χ0n) is 22.4. The molecule has 34 heavy (non-hydrogen) atoms. The molecule has 0 saturated heterocycles. The molecule has 9 atom stereocenters. The third kappa shape index (κ3) is 2.88. The molecule has 0 aliphatic heterocycles. The van der Waals surface area contributed by atoms with Gasteiger partial charge in [0.15, 0.2) is 0 Å². The van der Waals surface area contributed by atoms with E-state index in [-0.39, 0.29) is 34.2 Å². The molecule has 0 amide bonds. The van der Waals surface area contributed by atoms with E-state index in [2.05, 4.69) is 47.6 Å². The predicted molar refractivity (Wildman–Crippen MR) is 134 cm³/mol. The topological polar surface area (TPSA) is 77.8 Å². The highest BCUT2D eigenvalue weighted by Gasteiger charge is 2.69. The molecule has 4 saturated carbocycles. The molecule has 0 aromatic heterocycles. The smallest absolute Gasteiger partial charge is 0.310 e. The molecule has 3 N–H and O–H groups in total. The quantitative estimate of drug-likeness (QED) is 0.418. The Balaban J connectivity index is 1.60. The summed E-state index contributed by atoms with van der Waals surface area (Å²) in [5.41, 5.74) is 0.858. The van der Waals surface area contributed by atoms with Gasteiger partial charge in [0.1, 0.15) is 0 Å². The monoisotopic (exact) mass is 472 g/mol. The minimum atomic E-state index is -0.588. The first-order valence-corrected chi connectivity index (χ1v) is 13.9. The van der Waals surface area contributed by atoms with Crippen LogP contribution >= 0.6 is 0 Å². The maximum absolute atomic E-state index is 12.8. The van der Waals surface area contributed by atoms with Crippen LogP contribution < -0.4 is 0 Å². The minimum Gasteiger partial charge on any atom is -0.481 e.